The molecule has 0 radical (unpaired) electrons. The van der Waals surface area contributed by atoms with Crippen LogP contribution in [0.5, 0.6) is 0 Å². The predicted molar refractivity (Wildman–Crippen MR) is 76.0 cm³/mol. The smallest absolute Gasteiger partial charge is 0.142 e. The zero-order valence-electron chi connectivity index (χ0n) is 11.9. The van der Waals surface area contributed by atoms with Crippen molar-refractivity contribution in [2.75, 3.05) is 0 Å². The molecule has 0 aliphatic carbocycles. The van der Waals surface area contributed by atoms with Crippen molar-refractivity contribution in [3.05, 3.63) is 34.9 Å². The molecular weight excluding hydrogens is 208 g/mol. The van der Waals surface area contributed by atoms with Crippen LogP contribution in [-0.2, 0) is 4.79 Å². The fourth-order valence-corrected chi connectivity index (χ4v) is 1.65. The van der Waals surface area contributed by atoms with Crippen LogP contribution in [0.2, 0.25) is 0 Å². The van der Waals surface area contributed by atoms with Crippen molar-refractivity contribution in [2.45, 2.75) is 53.9 Å². The third-order valence-corrected chi connectivity index (χ3v) is 2.73. The van der Waals surface area contributed by atoms with Gasteiger partial charge >= 0.3 is 0 Å². The van der Waals surface area contributed by atoms with Crippen molar-refractivity contribution in [1.82, 2.24) is 0 Å². The first-order valence-corrected chi connectivity index (χ1v) is 6.37. The number of hydrogen-bond acceptors (Lipinski definition) is 1. The Labute approximate surface area is 106 Å². The fraction of sp³-hybridized carbons (Fsp3) is 0.562. The molecule has 0 aromatic heterocycles. The molecule has 0 heterocycles. The van der Waals surface area contributed by atoms with Gasteiger partial charge in [0.05, 0.1) is 0 Å². The number of carbonyl (C=O) groups excluding carboxylic acids is 1. The summed E-state index contributed by atoms with van der Waals surface area (Å²) in [5.41, 5.74) is 3.95. The molecule has 0 amide bonds. The summed E-state index contributed by atoms with van der Waals surface area (Å²) in [6.45, 7) is 10.7. The first-order chi connectivity index (χ1) is 7.95. The number of carbonyl (C=O) groups is 1. The van der Waals surface area contributed by atoms with Crippen LogP contribution in [0.3, 0.4) is 0 Å². The molecule has 1 unspecified atom stereocenters. The number of allylic oxidation sites excluding steroid dienone is 6. The minimum Gasteiger partial charge on any atom is -0.299 e. The van der Waals surface area contributed by atoms with E-state index in [0.29, 0.717) is 5.92 Å². The van der Waals surface area contributed by atoms with Crippen LogP contribution in [0, 0.1) is 5.92 Å². The van der Waals surface area contributed by atoms with Crippen LogP contribution in [0.15, 0.2) is 34.9 Å². The highest BCUT2D eigenvalue weighted by atomic mass is 16.1. The van der Waals surface area contributed by atoms with Gasteiger partial charge < -0.3 is 0 Å². The standard InChI is InChI=1S/C16H26O/c1-13(2)6-7-15(4)12-16(5)9-8-14(3)10-11-17/h6,10-12,15H,7-9H2,1-5H3. The van der Waals surface area contributed by atoms with E-state index in [0.717, 1.165) is 31.1 Å². The van der Waals surface area contributed by atoms with Crippen LogP contribution in [0.1, 0.15) is 53.9 Å². The summed E-state index contributed by atoms with van der Waals surface area (Å²) in [4.78, 5) is 10.3. The Bertz CT molecular complexity index is 314. The largest absolute Gasteiger partial charge is 0.299 e. The van der Waals surface area contributed by atoms with Gasteiger partial charge in [-0.2, -0.15) is 0 Å². The normalized spacial score (nSPS) is 14.4. The van der Waals surface area contributed by atoms with Crippen molar-refractivity contribution in [1.29, 1.82) is 0 Å². The Balaban J connectivity index is 4.12. The number of hydrogen-bond donors (Lipinski definition) is 0. The van der Waals surface area contributed by atoms with E-state index in [1.165, 1.54) is 11.1 Å². The second-order valence-electron chi connectivity index (χ2n) is 5.16. The lowest BCUT2D eigenvalue weighted by Crippen LogP contribution is -1.90. The van der Waals surface area contributed by atoms with Gasteiger partial charge in [-0.3, -0.25) is 4.79 Å². The third kappa shape index (κ3) is 9.80. The van der Waals surface area contributed by atoms with E-state index in [9.17, 15) is 4.79 Å². The molecule has 0 rings (SSSR count). The molecule has 0 N–H and O–H groups in total. The summed E-state index contributed by atoms with van der Waals surface area (Å²) < 4.78 is 0. The zero-order valence-corrected chi connectivity index (χ0v) is 11.9. The second kappa shape index (κ2) is 8.98. The highest BCUT2D eigenvalue weighted by Gasteiger charge is 1.98. The molecule has 17 heavy (non-hydrogen) atoms. The molecule has 0 aromatic rings. The Kier molecular flexibility index (Phi) is 8.39. The topological polar surface area (TPSA) is 17.1 Å². The molecule has 1 heteroatoms. The molecule has 0 bridgehead atoms. The van der Waals surface area contributed by atoms with Gasteiger partial charge in [-0.1, -0.05) is 35.8 Å². The van der Waals surface area contributed by atoms with Crippen LogP contribution >= 0.6 is 0 Å². The molecule has 1 atom stereocenters. The summed E-state index contributed by atoms with van der Waals surface area (Å²) in [6, 6.07) is 0. The van der Waals surface area contributed by atoms with Gasteiger partial charge in [0.2, 0.25) is 0 Å². The highest BCUT2D eigenvalue weighted by Crippen LogP contribution is 2.15. The van der Waals surface area contributed by atoms with Crippen molar-refractivity contribution < 1.29 is 4.79 Å². The number of aldehydes is 1. The molecule has 0 fully saturated rings. The fourth-order valence-electron chi connectivity index (χ4n) is 1.65. The summed E-state index contributed by atoms with van der Waals surface area (Å²) in [7, 11) is 0. The van der Waals surface area contributed by atoms with E-state index in [2.05, 4.69) is 39.8 Å². The summed E-state index contributed by atoms with van der Waals surface area (Å²) in [5.74, 6) is 0.597. The molecular formula is C16H26O. The molecule has 1 nitrogen and oxygen atoms in total. The van der Waals surface area contributed by atoms with Gasteiger partial charge in [0.25, 0.3) is 0 Å². The third-order valence-electron chi connectivity index (χ3n) is 2.73. The van der Waals surface area contributed by atoms with Gasteiger partial charge in [-0.05, 0) is 59.0 Å². The molecule has 0 aliphatic rings. The average molecular weight is 234 g/mol. The average Bonchev–Trinajstić information content (AvgIpc) is 2.24. The van der Waals surface area contributed by atoms with E-state index in [1.807, 2.05) is 6.92 Å². The van der Waals surface area contributed by atoms with E-state index < -0.39 is 0 Å². The SMILES string of the molecule is CC(C)=CCC(C)C=C(C)CCC(C)=CC=O. The first-order valence-electron chi connectivity index (χ1n) is 6.37. The zero-order chi connectivity index (χ0) is 13.3. The molecule has 0 saturated heterocycles. The molecule has 0 aromatic carbocycles. The Hall–Kier alpha value is -1.11. The predicted octanol–water partition coefficient (Wildman–Crippen LogP) is 4.85. The Morgan fingerprint density at radius 2 is 1.65 bits per heavy atom. The van der Waals surface area contributed by atoms with E-state index in [-0.39, 0.29) is 0 Å². The van der Waals surface area contributed by atoms with Gasteiger partial charge in [0.15, 0.2) is 0 Å². The van der Waals surface area contributed by atoms with Gasteiger partial charge in [0.1, 0.15) is 6.29 Å². The maximum absolute atomic E-state index is 10.3. The van der Waals surface area contributed by atoms with E-state index >= 15 is 0 Å². The Morgan fingerprint density at radius 3 is 2.18 bits per heavy atom. The van der Waals surface area contributed by atoms with Crippen LogP contribution < -0.4 is 0 Å². The van der Waals surface area contributed by atoms with Gasteiger partial charge in [-0.15, -0.1) is 0 Å². The van der Waals surface area contributed by atoms with Crippen LogP contribution in [-0.4, -0.2) is 6.29 Å². The summed E-state index contributed by atoms with van der Waals surface area (Å²) >= 11 is 0. The molecule has 96 valence electrons. The maximum Gasteiger partial charge on any atom is 0.142 e. The monoisotopic (exact) mass is 234 g/mol. The lowest BCUT2D eigenvalue weighted by atomic mass is 9.99. The molecule has 0 aliphatic heterocycles. The molecule has 0 saturated carbocycles. The lowest BCUT2D eigenvalue weighted by Gasteiger charge is -2.07. The highest BCUT2D eigenvalue weighted by molar-refractivity contribution is 5.65. The van der Waals surface area contributed by atoms with Crippen LogP contribution in [0.4, 0.5) is 0 Å². The quantitative estimate of drug-likeness (QED) is 0.349. The van der Waals surface area contributed by atoms with E-state index in [1.54, 1.807) is 6.08 Å². The van der Waals surface area contributed by atoms with Crippen molar-refractivity contribution in [2.24, 2.45) is 5.92 Å². The lowest BCUT2D eigenvalue weighted by molar-refractivity contribution is -0.104. The van der Waals surface area contributed by atoms with Crippen molar-refractivity contribution >= 4 is 6.29 Å². The van der Waals surface area contributed by atoms with Crippen molar-refractivity contribution in [3.63, 3.8) is 0 Å². The second-order valence-corrected chi connectivity index (χ2v) is 5.16. The molecule has 0 spiro atoms. The maximum atomic E-state index is 10.3. The summed E-state index contributed by atoms with van der Waals surface area (Å²) in [5, 5.41) is 0. The number of rotatable bonds is 7. The van der Waals surface area contributed by atoms with Crippen molar-refractivity contribution in [3.8, 4) is 0 Å². The summed E-state index contributed by atoms with van der Waals surface area (Å²) in [6.07, 6.45) is 10.3. The van der Waals surface area contributed by atoms with Gasteiger partial charge in [-0.25, -0.2) is 0 Å². The van der Waals surface area contributed by atoms with Crippen LogP contribution in [0.25, 0.3) is 0 Å². The van der Waals surface area contributed by atoms with Gasteiger partial charge in [0, 0.05) is 0 Å². The first kappa shape index (κ1) is 15.9. The minimum absolute atomic E-state index is 0.597. The minimum atomic E-state index is 0.597. The van der Waals surface area contributed by atoms with E-state index in [4.69, 9.17) is 0 Å². The Morgan fingerprint density at radius 1 is 1.06 bits per heavy atom.